The van der Waals surface area contributed by atoms with Crippen molar-refractivity contribution in [3.8, 4) is 0 Å². The van der Waals surface area contributed by atoms with Gasteiger partial charge in [0.2, 0.25) is 21.8 Å². The highest BCUT2D eigenvalue weighted by Gasteiger charge is 2.21. The summed E-state index contributed by atoms with van der Waals surface area (Å²) < 4.78 is 25.4. The molecular formula is C22H25N3O4S. The van der Waals surface area contributed by atoms with Crippen LogP contribution in [0.5, 0.6) is 0 Å². The topological polar surface area (TPSA) is 95.6 Å². The molecule has 0 unspecified atom stereocenters. The van der Waals surface area contributed by atoms with Gasteiger partial charge in [-0.3, -0.25) is 9.59 Å². The molecule has 1 aliphatic rings. The molecule has 8 heteroatoms. The third-order valence-corrected chi connectivity index (χ3v) is 6.20. The molecular weight excluding hydrogens is 402 g/mol. The van der Waals surface area contributed by atoms with Crippen LogP contribution in [-0.4, -0.2) is 33.8 Å². The van der Waals surface area contributed by atoms with Gasteiger partial charge in [-0.2, -0.15) is 0 Å². The van der Waals surface area contributed by atoms with Gasteiger partial charge in [0.05, 0.1) is 5.75 Å². The Morgan fingerprint density at radius 3 is 2.33 bits per heavy atom. The third-order valence-electron chi connectivity index (χ3n) is 4.86. The zero-order valence-electron chi connectivity index (χ0n) is 16.8. The van der Waals surface area contributed by atoms with Crippen LogP contribution in [0, 0.1) is 0 Å². The molecule has 30 heavy (non-hydrogen) atoms. The first-order valence-electron chi connectivity index (χ1n) is 9.72. The minimum Gasteiger partial charge on any atom is -0.348 e. The van der Waals surface area contributed by atoms with Gasteiger partial charge in [0.1, 0.15) is 0 Å². The summed E-state index contributed by atoms with van der Waals surface area (Å²) in [5, 5.41) is 2.80. The van der Waals surface area contributed by atoms with Crippen molar-refractivity contribution < 1.29 is 18.0 Å². The summed E-state index contributed by atoms with van der Waals surface area (Å²) in [6, 6.07) is 14.6. The number of nitrogens with one attached hydrogen (secondary N) is 2. The van der Waals surface area contributed by atoms with Gasteiger partial charge >= 0.3 is 0 Å². The highest BCUT2D eigenvalue weighted by Crippen LogP contribution is 2.21. The van der Waals surface area contributed by atoms with Crippen molar-refractivity contribution in [2.24, 2.45) is 0 Å². The predicted octanol–water partition coefficient (Wildman–Crippen LogP) is 2.19. The number of amides is 2. The van der Waals surface area contributed by atoms with E-state index in [0.717, 1.165) is 29.8 Å². The maximum atomic E-state index is 12.1. The lowest BCUT2D eigenvalue weighted by molar-refractivity contribution is -0.117. The van der Waals surface area contributed by atoms with Gasteiger partial charge < -0.3 is 10.2 Å². The quantitative estimate of drug-likeness (QED) is 0.632. The number of rotatable bonds is 8. The zero-order valence-corrected chi connectivity index (χ0v) is 17.6. The van der Waals surface area contributed by atoms with E-state index in [9.17, 15) is 18.0 Å². The molecule has 0 atom stereocenters. The molecule has 0 bridgehead atoms. The van der Waals surface area contributed by atoms with Crippen molar-refractivity contribution in [3.05, 3.63) is 71.3 Å². The van der Waals surface area contributed by atoms with E-state index in [1.54, 1.807) is 35.2 Å². The second kappa shape index (κ2) is 9.69. The Kier molecular flexibility index (Phi) is 7.02. The summed E-state index contributed by atoms with van der Waals surface area (Å²) in [4.78, 5) is 25.6. The molecule has 158 valence electrons. The van der Waals surface area contributed by atoms with Crippen LogP contribution in [0.1, 0.15) is 29.5 Å². The van der Waals surface area contributed by atoms with Crippen molar-refractivity contribution in [2.75, 3.05) is 18.5 Å². The minimum atomic E-state index is -3.30. The predicted molar refractivity (Wildman–Crippen MR) is 117 cm³/mol. The summed E-state index contributed by atoms with van der Waals surface area (Å²) in [5.74, 6) is -0.158. The van der Waals surface area contributed by atoms with Crippen LogP contribution < -0.4 is 14.9 Å². The van der Waals surface area contributed by atoms with E-state index in [1.165, 1.54) is 13.1 Å². The fourth-order valence-electron chi connectivity index (χ4n) is 3.15. The van der Waals surface area contributed by atoms with Crippen molar-refractivity contribution in [2.45, 2.75) is 25.1 Å². The maximum absolute atomic E-state index is 12.1. The summed E-state index contributed by atoms with van der Waals surface area (Å²) in [5.41, 5.74) is 3.31. The van der Waals surface area contributed by atoms with E-state index >= 15 is 0 Å². The monoisotopic (exact) mass is 427 g/mol. The van der Waals surface area contributed by atoms with Gasteiger partial charge in [-0.05, 0) is 48.4 Å². The summed E-state index contributed by atoms with van der Waals surface area (Å²) >= 11 is 0. The molecule has 1 aliphatic heterocycles. The number of anilines is 1. The van der Waals surface area contributed by atoms with Gasteiger partial charge in [-0.15, -0.1) is 0 Å². The first-order chi connectivity index (χ1) is 14.4. The number of sulfonamides is 1. The molecule has 2 N–H and O–H groups in total. The molecule has 2 amide bonds. The average Bonchev–Trinajstić information content (AvgIpc) is 3.18. The van der Waals surface area contributed by atoms with Gasteiger partial charge in [0.25, 0.3) is 0 Å². The smallest absolute Gasteiger partial charge is 0.244 e. The average molecular weight is 428 g/mol. The normalized spacial score (nSPS) is 14.4. The second-order valence-electron chi connectivity index (χ2n) is 7.07. The largest absolute Gasteiger partial charge is 0.348 e. The number of hydrogen-bond acceptors (Lipinski definition) is 4. The van der Waals surface area contributed by atoms with E-state index in [-0.39, 0.29) is 17.6 Å². The number of hydrogen-bond donors (Lipinski definition) is 2. The van der Waals surface area contributed by atoms with Crippen LogP contribution in [0.3, 0.4) is 0 Å². The van der Waals surface area contributed by atoms with Crippen molar-refractivity contribution >= 4 is 33.6 Å². The fraction of sp³-hybridized carbons (Fsp3) is 0.273. The van der Waals surface area contributed by atoms with Gasteiger partial charge in [-0.25, -0.2) is 13.1 Å². The Balaban J connectivity index is 1.49. The highest BCUT2D eigenvalue weighted by molar-refractivity contribution is 7.88. The molecule has 3 rings (SSSR count). The lowest BCUT2D eigenvalue weighted by Gasteiger charge is -2.15. The van der Waals surface area contributed by atoms with Gasteiger partial charge in [0.15, 0.2) is 0 Å². The Morgan fingerprint density at radius 1 is 1.07 bits per heavy atom. The first kappa shape index (κ1) is 21.7. The zero-order chi connectivity index (χ0) is 21.6. The highest BCUT2D eigenvalue weighted by atomic mass is 32.2. The van der Waals surface area contributed by atoms with E-state index in [2.05, 4.69) is 10.0 Å². The van der Waals surface area contributed by atoms with Crippen molar-refractivity contribution in [1.82, 2.24) is 10.0 Å². The standard InChI is InChI=1S/C22H25N3O4S/c1-23-30(28,29)16-19-6-4-18(5-7-19)15-24-21(26)13-10-17-8-11-20(12-9-17)25-14-2-3-22(25)27/h4-13,23H,2-3,14-16H2,1H3,(H,24,26)/b13-10+. The molecule has 7 nitrogen and oxygen atoms in total. The van der Waals surface area contributed by atoms with Crippen molar-refractivity contribution in [3.63, 3.8) is 0 Å². The van der Waals surface area contributed by atoms with E-state index < -0.39 is 10.0 Å². The lowest BCUT2D eigenvalue weighted by atomic mass is 10.1. The van der Waals surface area contributed by atoms with Crippen LogP contribution >= 0.6 is 0 Å². The summed E-state index contributed by atoms with van der Waals surface area (Å²) in [6.07, 6.45) is 4.67. The number of carbonyl (C=O) groups is 2. The number of carbonyl (C=O) groups excluding carboxylic acids is 2. The summed E-state index contributed by atoms with van der Waals surface area (Å²) in [7, 11) is -1.92. The molecule has 1 saturated heterocycles. The van der Waals surface area contributed by atoms with Gasteiger partial charge in [-0.1, -0.05) is 36.4 Å². The van der Waals surface area contributed by atoms with E-state index in [1.807, 2.05) is 24.3 Å². The lowest BCUT2D eigenvalue weighted by Crippen LogP contribution is -2.23. The van der Waals surface area contributed by atoms with E-state index in [4.69, 9.17) is 0 Å². The van der Waals surface area contributed by atoms with Crippen LogP contribution in [0.2, 0.25) is 0 Å². The Morgan fingerprint density at radius 2 is 1.73 bits per heavy atom. The van der Waals surface area contributed by atoms with Gasteiger partial charge in [0, 0.05) is 31.3 Å². The third kappa shape index (κ3) is 6.01. The Bertz CT molecular complexity index is 1030. The molecule has 0 radical (unpaired) electrons. The minimum absolute atomic E-state index is 0.0798. The SMILES string of the molecule is CNS(=O)(=O)Cc1ccc(CNC(=O)/C=C/c2ccc(N3CCCC3=O)cc2)cc1. The summed E-state index contributed by atoms with van der Waals surface area (Å²) in [6.45, 7) is 1.10. The fourth-order valence-corrected chi connectivity index (χ4v) is 3.93. The maximum Gasteiger partial charge on any atom is 0.244 e. The first-order valence-corrected chi connectivity index (χ1v) is 11.4. The Labute approximate surface area is 176 Å². The van der Waals surface area contributed by atoms with E-state index in [0.29, 0.717) is 18.5 Å². The number of nitrogens with zero attached hydrogens (tertiary/aromatic N) is 1. The Hall–Kier alpha value is -2.97. The van der Waals surface area contributed by atoms with Crippen LogP contribution in [0.25, 0.3) is 6.08 Å². The van der Waals surface area contributed by atoms with Crippen molar-refractivity contribution in [1.29, 1.82) is 0 Å². The molecule has 1 heterocycles. The molecule has 0 saturated carbocycles. The second-order valence-corrected chi connectivity index (χ2v) is 9.00. The van der Waals surface area contributed by atoms with Crippen LogP contribution in [0.15, 0.2) is 54.6 Å². The molecule has 0 spiro atoms. The number of benzene rings is 2. The molecule has 1 fully saturated rings. The molecule has 2 aromatic rings. The molecule has 0 aromatic heterocycles. The van der Waals surface area contributed by atoms with Crippen LogP contribution in [0.4, 0.5) is 5.69 Å². The molecule has 2 aromatic carbocycles. The molecule has 0 aliphatic carbocycles. The van der Waals surface area contributed by atoms with Crippen LogP contribution in [-0.2, 0) is 31.9 Å².